The monoisotopic (exact) mass is 155 g/mol. The molecule has 0 radical (unpaired) electrons. The molecule has 0 aliphatic carbocycles. The Labute approximate surface area is 66.2 Å². The third-order valence-electron chi connectivity index (χ3n) is 1.97. The van der Waals surface area contributed by atoms with Gasteiger partial charge in [0.1, 0.15) is 0 Å². The van der Waals surface area contributed by atoms with Crippen molar-refractivity contribution in [3.63, 3.8) is 0 Å². The van der Waals surface area contributed by atoms with E-state index in [4.69, 9.17) is 10.5 Å². The largest absolute Gasteiger partial charge is 0.381 e. The number of hydrogen-bond donors (Lipinski definition) is 1. The van der Waals surface area contributed by atoms with E-state index in [1.807, 2.05) is 6.92 Å². The fraction of sp³-hybridized carbons (Fsp3) is 0.625. The highest BCUT2D eigenvalue weighted by Gasteiger charge is 2.22. The summed E-state index contributed by atoms with van der Waals surface area (Å²) in [6.07, 6.45) is 2.70. The van der Waals surface area contributed by atoms with Crippen LogP contribution in [-0.2, 0) is 9.53 Å². The lowest BCUT2D eigenvalue weighted by molar-refractivity contribution is -0.115. The predicted octanol–water partition coefficient (Wildman–Crippen LogP) is 0.455. The standard InChI is InChI=1S/C8H13NO2/c1-2-7(8(9)10)6-3-4-11-5-6/h2,6H,3-5H2,1H3,(H2,9,10). The second kappa shape index (κ2) is 3.53. The second-order valence-electron chi connectivity index (χ2n) is 2.67. The summed E-state index contributed by atoms with van der Waals surface area (Å²) in [5.74, 6) is -0.0829. The summed E-state index contributed by atoms with van der Waals surface area (Å²) >= 11 is 0. The molecular weight excluding hydrogens is 142 g/mol. The van der Waals surface area contributed by atoms with Gasteiger partial charge in [0, 0.05) is 18.1 Å². The predicted molar refractivity (Wildman–Crippen MR) is 41.9 cm³/mol. The van der Waals surface area contributed by atoms with Gasteiger partial charge in [-0.05, 0) is 13.3 Å². The molecule has 1 fully saturated rings. The molecule has 1 saturated heterocycles. The zero-order chi connectivity index (χ0) is 8.27. The van der Waals surface area contributed by atoms with Crippen LogP contribution >= 0.6 is 0 Å². The number of ether oxygens (including phenoxy) is 1. The Morgan fingerprint density at radius 1 is 1.73 bits per heavy atom. The smallest absolute Gasteiger partial charge is 0.244 e. The topological polar surface area (TPSA) is 52.3 Å². The van der Waals surface area contributed by atoms with Crippen LogP contribution in [0.4, 0.5) is 0 Å². The number of hydrogen-bond acceptors (Lipinski definition) is 2. The number of carbonyl (C=O) groups excluding carboxylic acids is 1. The molecule has 0 aromatic rings. The molecule has 1 amide bonds. The van der Waals surface area contributed by atoms with Crippen LogP contribution in [0.2, 0.25) is 0 Å². The third-order valence-corrected chi connectivity index (χ3v) is 1.97. The lowest BCUT2D eigenvalue weighted by Gasteiger charge is -2.07. The van der Waals surface area contributed by atoms with Gasteiger partial charge in [-0.1, -0.05) is 6.08 Å². The molecule has 2 N–H and O–H groups in total. The fourth-order valence-corrected chi connectivity index (χ4v) is 1.36. The number of nitrogens with two attached hydrogens (primary N) is 1. The summed E-state index contributed by atoms with van der Waals surface area (Å²) in [7, 11) is 0. The van der Waals surface area contributed by atoms with Gasteiger partial charge in [0.05, 0.1) is 6.61 Å². The van der Waals surface area contributed by atoms with Crippen molar-refractivity contribution < 1.29 is 9.53 Å². The van der Waals surface area contributed by atoms with E-state index < -0.39 is 0 Å². The van der Waals surface area contributed by atoms with Crippen LogP contribution < -0.4 is 5.73 Å². The quantitative estimate of drug-likeness (QED) is 0.589. The molecule has 1 atom stereocenters. The number of allylic oxidation sites excluding steroid dienone is 1. The van der Waals surface area contributed by atoms with Crippen molar-refractivity contribution >= 4 is 5.91 Å². The molecule has 62 valence electrons. The maximum Gasteiger partial charge on any atom is 0.244 e. The van der Waals surface area contributed by atoms with Crippen LogP contribution in [0, 0.1) is 5.92 Å². The summed E-state index contributed by atoms with van der Waals surface area (Å²) in [4.78, 5) is 10.8. The molecule has 1 heterocycles. The highest BCUT2D eigenvalue weighted by molar-refractivity contribution is 5.92. The van der Waals surface area contributed by atoms with E-state index in [2.05, 4.69) is 0 Å². The minimum absolute atomic E-state index is 0.234. The maximum absolute atomic E-state index is 10.8. The lowest BCUT2D eigenvalue weighted by atomic mass is 9.98. The van der Waals surface area contributed by atoms with E-state index in [1.54, 1.807) is 6.08 Å². The average molecular weight is 155 g/mol. The van der Waals surface area contributed by atoms with E-state index >= 15 is 0 Å². The van der Waals surface area contributed by atoms with Crippen molar-refractivity contribution in [2.45, 2.75) is 13.3 Å². The lowest BCUT2D eigenvalue weighted by Crippen LogP contribution is -2.20. The SMILES string of the molecule is CC=C(C(N)=O)C1CCOC1. The first-order valence-corrected chi connectivity index (χ1v) is 3.79. The van der Waals surface area contributed by atoms with Gasteiger partial charge in [0.15, 0.2) is 0 Å². The van der Waals surface area contributed by atoms with Crippen molar-refractivity contribution in [2.75, 3.05) is 13.2 Å². The molecule has 0 bridgehead atoms. The van der Waals surface area contributed by atoms with Crippen LogP contribution in [0.1, 0.15) is 13.3 Å². The number of amides is 1. The van der Waals surface area contributed by atoms with Gasteiger partial charge in [-0.3, -0.25) is 4.79 Å². The first kappa shape index (κ1) is 8.27. The van der Waals surface area contributed by atoms with Crippen LogP contribution in [0.5, 0.6) is 0 Å². The van der Waals surface area contributed by atoms with E-state index in [1.165, 1.54) is 0 Å². The molecular formula is C8H13NO2. The molecule has 11 heavy (non-hydrogen) atoms. The van der Waals surface area contributed by atoms with Gasteiger partial charge in [0.2, 0.25) is 5.91 Å². The van der Waals surface area contributed by atoms with Crippen molar-refractivity contribution in [1.82, 2.24) is 0 Å². The Bertz CT molecular complexity index is 181. The summed E-state index contributed by atoms with van der Waals surface area (Å²) < 4.78 is 5.14. The molecule has 3 heteroatoms. The van der Waals surface area contributed by atoms with Crippen molar-refractivity contribution in [1.29, 1.82) is 0 Å². The van der Waals surface area contributed by atoms with Crippen LogP contribution in [0.15, 0.2) is 11.6 Å². The normalized spacial score (nSPS) is 25.5. The van der Waals surface area contributed by atoms with Gasteiger partial charge in [0.25, 0.3) is 0 Å². The highest BCUT2D eigenvalue weighted by atomic mass is 16.5. The van der Waals surface area contributed by atoms with E-state index in [9.17, 15) is 4.79 Å². The molecule has 0 spiro atoms. The van der Waals surface area contributed by atoms with E-state index in [0.29, 0.717) is 12.2 Å². The van der Waals surface area contributed by atoms with Crippen LogP contribution in [0.3, 0.4) is 0 Å². The second-order valence-corrected chi connectivity index (χ2v) is 2.67. The minimum Gasteiger partial charge on any atom is -0.381 e. The maximum atomic E-state index is 10.8. The van der Waals surface area contributed by atoms with Gasteiger partial charge >= 0.3 is 0 Å². The van der Waals surface area contributed by atoms with Crippen molar-refractivity contribution in [2.24, 2.45) is 11.7 Å². The summed E-state index contributed by atoms with van der Waals surface area (Å²) in [5.41, 5.74) is 5.87. The number of rotatable bonds is 2. The average Bonchev–Trinajstić information content (AvgIpc) is 2.40. The van der Waals surface area contributed by atoms with E-state index in [-0.39, 0.29) is 11.8 Å². The first-order valence-electron chi connectivity index (χ1n) is 3.79. The Morgan fingerprint density at radius 2 is 2.45 bits per heavy atom. The number of primary amides is 1. The molecule has 1 aliphatic rings. The molecule has 1 aliphatic heterocycles. The molecule has 0 aromatic heterocycles. The number of carbonyl (C=O) groups is 1. The molecule has 1 unspecified atom stereocenters. The van der Waals surface area contributed by atoms with Gasteiger partial charge in [-0.25, -0.2) is 0 Å². The van der Waals surface area contributed by atoms with Gasteiger partial charge < -0.3 is 10.5 Å². The summed E-state index contributed by atoms with van der Waals surface area (Å²) in [5, 5.41) is 0. The van der Waals surface area contributed by atoms with Gasteiger partial charge in [-0.15, -0.1) is 0 Å². The Balaban J connectivity index is 2.62. The summed E-state index contributed by atoms with van der Waals surface area (Å²) in [6.45, 7) is 3.22. The third kappa shape index (κ3) is 1.80. The molecule has 0 saturated carbocycles. The zero-order valence-corrected chi connectivity index (χ0v) is 6.67. The van der Waals surface area contributed by atoms with Crippen molar-refractivity contribution in [3.05, 3.63) is 11.6 Å². The molecule has 3 nitrogen and oxygen atoms in total. The Hall–Kier alpha value is -0.830. The Morgan fingerprint density at radius 3 is 2.82 bits per heavy atom. The summed E-state index contributed by atoms with van der Waals surface area (Å²) in [6, 6.07) is 0. The molecule has 1 rings (SSSR count). The van der Waals surface area contributed by atoms with Crippen molar-refractivity contribution in [3.8, 4) is 0 Å². The zero-order valence-electron chi connectivity index (χ0n) is 6.67. The highest BCUT2D eigenvalue weighted by Crippen LogP contribution is 2.20. The van der Waals surface area contributed by atoms with E-state index in [0.717, 1.165) is 13.0 Å². The van der Waals surface area contributed by atoms with Crippen LogP contribution in [0.25, 0.3) is 0 Å². The fourth-order valence-electron chi connectivity index (χ4n) is 1.36. The van der Waals surface area contributed by atoms with Crippen LogP contribution in [-0.4, -0.2) is 19.1 Å². The Kier molecular flexibility index (Phi) is 2.65. The first-order chi connectivity index (χ1) is 5.25. The van der Waals surface area contributed by atoms with Gasteiger partial charge in [-0.2, -0.15) is 0 Å². The molecule has 0 aromatic carbocycles. The minimum atomic E-state index is -0.317.